The van der Waals surface area contributed by atoms with E-state index >= 15 is 0 Å². The van der Waals surface area contributed by atoms with Crippen LogP contribution in [-0.4, -0.2) is 24.8 Å². The van der Waals surface area contributed by atoms with Gasteiger partial charge in [-0.05, 0) is 62.2 Å². The van der Waals surface area contributed by atoms with Gasteiger partial charge in [-0.2, -0.15) is 0 Å². The van der Waals surface area contributed by atoms with E-state index < -0.39 is 0 Å². The molecule has 7 heteroatoms. The maximum Gasteiger partial charge on any atom is 0.255 e. The van der Waals surface area contributed by atoms with Crippen LogP contribution in [0, 0.1) is 11.8 Å². The molecule has 2 atom stereocenters. The number of halogens is 1. The number of nitrogens with zero attached hydrogens (tertiary/aromatic N) is 1. The Morgan fingerprint density at radius 2 is 1.80 bits per heavy atom. The van der Waals surface area contributed by atoms with Gasteiger partial charge in [-0.25, -0.2) is 0 Å². The normalized spacial score (nSPS) is 20.6. The molecule has 1 aliphatic heterocycles. The molecule has 30 heavy (non-hydrogen) atoms. The molecule has 0 bridgehead atoms. The fourth-order valence-electron chi connectivity index (χ4n) is 4.03. The number of amides is 3. The van der Waals surface area contributed by atoms with Crippen LogP contribution in [0.15, 0.2) is 54.1 Å². The first-order valence-electron chi connectivity index (χ1n) is 9.67. The van der Waals surface area contributed by atoms with Gasteiger partial charge in [0.1, 0.15) is 5.75 Å². The van der Waals surface area contributed by atoms with E-state index in [1.165, 1.54) is 12.0 Å². The topological polar surface area (TPSA) is 75.7 Å². The van der Waals surface area contributed by atoms with Crippen molar-refractivity contribution in [2.75, 3.05) is 17.3 Å². The maximum absolute atomic E-state index is 12.8. The largest absolute Gasteiger partial charge is 0.495 e. The average molecular weight is 425 g/mol. The lowest BCUT2D eigenvalue weighted by atomic mass is 9.82. The van der Waals surface area contributed by atoms with Gasteiger partial charge in [0.15, 0.2) is 0 Å². The smallest absolute Gasteiger partial charge is 0.255 e. The van der Waals surface area contributed by atoms with Crippen molar-refractivity contribution in [3.8, 4) is 5.75 Å². The molecule has 1 N–H and O–H groups in total. The molecule has 2 aromatic rings. The molecule has 154 valence electrons. The lowest BCUT2D eigenvalue weighted by Gasteiger charge is -2.18. The predicted molar refractivity (Wildman–Crippen MR) is 115 cm³/mol. The van der Waals surface area contributed by atoms with Gasteiger partial charge in [-0.1, -0.05) is 23.3 Å². The molecule has 2 aromatic carbocycles. The number of imide groups is 1. The number of benzene rings is 2. The van der Waals surface area contributed by atoms with Crippen molar-refractivity contribution < 1.29 is 19.1 Å². The number of fused-ring (bicyclic) bond motifs is 1. The van der Waals surface area contributed by atoms with Gasteiger partial charge in [-0.15, -0.1) is 0 Å². The highest BCUT2D eigenvalue weighted by Crippen LogP contribution is 2.39. The Kier molecular flexibility index (Phi) is 5.35. The molecule has 0 unspecified atom stereocenters. The SMILES string of the molecule is COc1ccc(Cl)cc1NC(=O)c1ccc(N2C(=O)[C@H]3CC=C(C)C[C@@H]3C2=O)cc1. The number of rotatable bonds is 4. The zero-order valence-electron chi connectivity index (χ0n) is 16.6. The monoisotopic (exact) mass is 424 g/mol. The first kappa shape index (κ1) is 20.2. The van der Waals surface area contributed by atoms with Crippen LogP contribution >= 0.6 is 11.6 Å². The van der Waals surface area contributed by atoms with Crippen LogP contribution in [0.4, 0.5) is 11.4 Å². The summed E-state index contributed by atoms with van der Waals surface area (Å²) in [5.74, 6) is -0.785. The lowest BCUT2D eigenvalue weighted by Crippen LogP contribution is -2.30. The molecule has 1 fully saturated rings. The van der Waals surface area contributed by atoms with Gasteiger partial charge in [0, 0.05) is 10.6 Å². The number of hydrogen-bond donors (Lipinski definition) is 1. The van der Waals surface area contributed by atoms with E-state index in [1.807, 2.05) is 13.0 Å². The van der Waals surface area contributed by atoms with Crippen LogP contribution < -0.4 is 15.0 Å². The molecule has 6 nitrogen and oxygen atoms in total. The number of carbonyl (C=O) groups is 3. The first-order chi connectivity index (χ1) is 14.4. The van der Waals surface area contributed by atoms with E-state index in [4.69, 9.17) is 16.3 Å². The molecule has 1 saturated heterocycles. The van der Waals surface area contributed by atoms with Crippen molar-refractivity contribution in [1.29, 1.82) is 0 Å². The summed E-state index contributed by atoms with van der Waals surface area (Å²) in [5, 5.41) is 3.24. The van der Waals surface area contributed by atoms with Gasteiger partial charge in [-0.3, -0.25) is 19.3 Å². The van der Waals surface area contributed by atoms with E-state index in [0.717, 1.165) is 5.57 Å². The van der Waals surface area contributed by atoms with E-state index in [-0.39, 0.29) is 29.6 Å². The quantitative estimate of drug-likeness (QED) is 0.581. The Hall–Kier alpha value is -3.12. The van der Waals surface area contributed by atoms with Crippen LogP contribution in [0.1, 0.15) is 30.1 Å². The number of carbonyl (C=O) groups excluding carboxylic acids is 3. The first-order valence-corrected chi connectivity index (χ1v) is 10.0. The second-order valence-electron chi connectivity index (χ2n) is 7.56. The molecular weight excluding hydrogens is 404 g/mol. The van der Waals surface area contributed by atoms with Crippen LogP contribution in [0.2, 0.25) is 5.02 Å². The number of nitrogens with one attached hydrogen (secondary N) is 1. The summed E-state index contributed by atoms with van der Waals surface area (Å²) in [7, 11) is 1.51. The maximum atomic E-state index is 12.8. The Bertz CT molecular complexity index is 1060. The standard InChI is InChI=1S/C23H21ClN2O4/c1-13-3-9-17-18(11-13)23(29)26(22(17)28)16-7-4-14(5-8-16)21(27)25-19-12-15(24)6-10-20(19)30-2/h3-8,10,12,17-18H,9,11H2,1-2H3,(H,25,27)/t17-,18-/m0/s1. The Morgan fingerprint density at radius 3 is 2.50 bits per heavy atom. The Morgan fingerprint density at radius 1 is 1.10 bits per heavy atom. The molecule has 0 aromatic heterocycles. The van der Waals surface area contributed by atoms with Crippen molar-refractivity contribution in [1.82, 2.24) is 0 Å². The predicted octanol–water partition coefficient (Wildman–Crippen LogP) is 4.45. The zero-order chi connectivity index (χ0) is 21.4. The molecule has 1 aliphatic carbocycles. The van der Waals surface area contributed by atoms with Crippen LogP contribution in [0.25, 0.3) is 0 Å². The van der Waals surface area contributed by atoms with E-state index in [0.29, 0.717) is 40.6 Å². The van der Waals surface area contributed by atoms with Gasteiger partial charge < -0.3 is 10.1 Å². The van der Waals surface area contributed by atoms with Crippen LogP contribution in [-0.2, 0) is 9.59 Å². The summed E-state index contributed by atoms with van der Waals surface area (Å²) in [4.78, 5) is 39.5. The minimum absolute atomic E-state index is 0.168. The molecular formula is C23H21ClN2O4. The van der Waals surface area contributed by atoms with Crippen LogP contribution in [0.3, 0.4) is 0 Å². The second-order valence-corrected chi connectivity index (χ2v) is 8.00. The second kappa shape index (κ2) is 7.95. The number of allylic oxidation sites excluding steroid dienone is 2. The van der Waals surface area contributed by atoms with Crippen molar-refractivity contribution in [3.05, 3.63) is 64.7 Å². The van der Waals surface area contributed by atoms with Crippen molar-refractivity contribution in [2.45, 2.75) is 19.8 Å². The van der Waals surface area contributed by atoms with Crippen molar-refractivity contribution in [3.63, 3.8) is 0 Å². The van der Waals surface area contributed by atoms with Gasteiger partial charge >= 0.3 is 0 Å². The Labute approximate surface area is 179 Å². The highest BCUT2D eigenvalue weighted by Gasteiger charge is 2.48. The zero-order valence-corrected chi connectivity index (χ0v) is 17.4. The fourth-order valence-corrected chi connectivity index (χ4v) is 4.20. The fraction of sp³-hybridized carbons (Fsp3) is 0.261. The number of methoxy groups -OCH3 is 1. The van der Waals surface area contributed by atoms with Gasteiger partial charge in [0.2, 0.25) is 11.8 Å². The molecule has 1 heterocycles. The Balaban J connectivity index is 1.52. The minimum atomic E-state index is -0.352. The highest BCUT2D eigenvalue weighted by molar-refractivity contribution is 6.31. The third-order valence-corrected chi connectivity index (χ3v) is 5.86. The minimum Gasteiger partial charge on any atom is -0.495 e. The van der Waals surface area contributed by atoms with Crippen molar-refractivity contribution >= 4 is 40.7 Å². The van der Waals surface area contributed by atoms with Gasteiger partial charge in [0.25, 0.3) is 5.91 Å². The summed E-state index contributed by atoms with van der Waals surface area (Å²) >= 11 is 6.00. The highest BCUT2D eigenvalue weighted by atomic mass is 35.5. The molecule has 2 aliphatic rings. The molecule has 3 amide bonds. The van der Waals surface area contributed by atoms with E-state index in [9.17, 15) is 14.4 Å². The lowest BCUT2D eigenvalue weighted by molar-refractivity contribution is -0.122. The molecule has 4 rings (SSSR count). The van der Waals surface area contributed by atoms with E-state index in [1.54, 1.807) is 42.5 Å². The summed E-state index contributed by atoms with van der Waals surface area (Å²) in [5.41, 5.74) is 2.46. The van der Waals surface area contributed by atoms with Crippen LogP contribution in [0.5, 0.6) is 5.75 Å². The number of ether oxygens (including phenoxy) is 1. The average Bonchev–Trinajstić information content (AvgIpc) is 2.98. The van der Waals surface area contributed by atoms with Crippen molar-refractivity contribution in [2.24, 2.45) is 11.8 Å². The third-order valence-electron chi connectivity index (χ3n) is 5.62. The van der Waals surface area contributed by atoms with E-state index in [2.05, 4.69) is 5.32 Å². The summed E-state index contributed by atoms with van der Waals surface area (Å²) < 4.78 is 5.24. The number of anilines is 2. The summed E-state index contributed by atoms with van der Waals surface area (Å²) in [6.07, 6.45) is 3.25. The molecule has 0 radical (unpaired) electrons. The summed E-state index contributed by atoms with van der Waals surface area (Å²) in [6.45, 7) is 1.99. The molecule has 0 saturated carbocycles. The number of hydrogen-bond acceptors (Lipinski definition) is 4. The van der Waals surface area contributed by atoms with Gasteiger partial charge in [0.05, 0.1) is 30.3 Å². The molecule has 0 spiro atoms. The third kappa shape index (κ3) is 3.59. The summed E-state index contributed by atoms with van der Waals surface area (Å²) in [6, 6.07) is 11.4.